The Balaban J connectivity index is 2.69. The molecule has 1 unspecified atom stereocenters. The highest BCUT2D eigenvalue weighted by molar-refractivity contribution is 5.86. The molecule has 0 fully saturated rings. The molecule has 1 rings (SSSR count). The molecule has 6 nitrogen and oxygen atoms in total. The quantitative estimate of drug-likeness (QED) is 0.740. The number of carbonyl (C=O) groups is 3. The lowest BCUT2D eigenvalue weighted by Gasteiger charge is -2.24. The first kappa shape index (κ1) is 18.7. The molecular formula is C17H24N2O4. The molecule has 0 heterocycles. The van der Waals surface area contributed by atoms with E-state index in [0.29, 0.717) is 0 Å². The molecule has 0 radical (unpaired) electrons. The molecule has 0 spiro atoms. The highest BCUT2D eigenvalue weighted by atomic mass is 16.6. The molecule has 0 aliphatic rings. The minimum absolute atomic E-state index is 0.00444. The monoisotopic (exact) mass is 320 g/mol. The number of ether oxygens (including phenoxy) is 1. The number of hydrogen-bond acceptors (Lipinski definition) is 4. The fraction of sp³-hybridized carbons (Fsp3) is 0.471. The summed E-state index contributed by atoms with van der Waals surface area (Å²) in [6, 6.07) is 8.29. The van der Waals surface area contributed by atoms with Crippen molar-refractivity contribution in [1.82, 2.24) is 5.32 Å². The second kappa shape index (κ2) is 8.31. The Morgan fingerprint density at radius 3 is 2.30 bits per heavy atom. The van der Waals surface area contributed by atoms with Gasteiger partial charge in [-0.2, -0.15) is 0 Å². The van der Waals surface area contributed by atoms with E-state index >= 15 is 0 Å². The summed E-state index contributed by atoms with van der Waals surface area (Å²) in [5, 5.41) is 2.62. The first-order valence-electron chi connectivity index (χ1n) is 7.52. The van der Waals surface area contributed by atoms with Crippen molar-refractivity contribution >= 4 is 17.8 Å². The molecule has 0 saturated carbocycles. The maximum atomic E-state index is 12.2. The fourth-order valence-electron chi connectivity index (χ4n) is 1.94. The van der Waals surface area contributed by atoms with Crippen molar-refractivity contribution in [3.63, 3.8) is 0 Å². The van der Waals surface area contributed by atoms with E-state index in [1.165, 1.54) is 0 Å². The number of carbonyl (C=O) groups excluding carboxylic acids is 3. The van der Waals surface area contributed by atoms with Crippen LogP contribution in [0.15, 0.2) is 30.3 Å². The normalized spacial score (nSPS) is 12.3. The van der Waals surface area contributed by atoms with Gasteiger partial charge in [-0.1, -0.05) is 30.3 Å². The van der Waals surface area contributed by atoms with Gasteiger partial charge in [0.1, 0.15) is 11.6 Å². The van der Waals surface area contributed by atoms with Gasteiger partial charge < -0.3 is 15.8 Å². The summed E-state index contributed by atoms with van der Waals surface area (Å²) in [4.78, 5) is 35.2. The maximum absolute atomic E-state index is 12.2. The van der Waals surface area contributed by atoms with Crippen LogP contribution in [0.4, 0.5) is 0 Å². The number of nitrogens with two attached hydrogens (primary N) is 1. The Bertz CT molecular complexity index is 549. The molecule has 0 saturated heterocycles. The molecule has 3 N–H and O–H groups in total. The number of nitrogens with one attached hydrogen (secondary N) is 1. The number of amides is 2. The largest absolute Gasteiger partial charge is 0.458 e. The Labute approximate surface area is 136 Å². The molecule has 1 aromatic carbocycles. The fourth-order valence-corrected chi connectivity index (χ4v) is 1.94. The Morgan fingerprint density at radius 1 is 1.17 bits per heavy atom. The van der Waals surface area contributed by atoms with Crippen molar-refractivity contribution in [2.45, 2.75) is 51.7 Å². The second-order valence-corrected chi connectivity index (χ2v) is 6.32. The summed E-state index contributed by atoms with van der Waals surface area (Å²) < 4.78 is 5.28. The van der Waals surface area contributed by atoms with Crippen LogP contribution in [-0.4, -0.2) is 29.4 Å². The summed E-state index contributed by atoms with van der Waals surface area (Å²) in [5.41, 5.74) is 5.28. The van der Waals surface area contributed by atoms with Crippen LogP contribution in [0, 0.1) is 0 Å². The van der Waals surface area contributed by atoms with Crippen LogP contribution in [-0.2, 0) is 25.5 Å². The van der Waals surface area contributed by atoms with Gasteiger partial charge in [-0.15, -0.1) is 0 Å². The molecule has 1 atom stereocenters. The average molecular weight is 320 g/mol. The van der Waals surface area contributed by atoms with E-state index in [9.17, 15) is 14.4 Å². The number of primary amides is 1. The van der Waals surface area contributed by atoms with E-state index in [4.69, 9.17) is 10.5 Å². The molecule has 0 aliphatic carbocycles. The predicted molar refractivity (Wildman–Crippen MR) is 86.4 cm³/mol. The van der Waals surface area contributed by atoms with Gasteiger partial charge in [-0.3, -0.25) is 9.59 Å². The summed E-state index contributed by atoms with van der Waals surface area (Å²) >= 11 is 0. The van der Waals surface area contributed by atoms with Crippen LogP contribution in [0.3, 0.4) is 0 Å². The minimum atomic E-state index is -0.891. The molecule has 0 aromatic heterocycles. The standard InChI is InChI=1S/C17H24N2O4/c1-17(2,3)23-16(22)13(9-10-14(18)20)19-15(21)11-12-7-5-4-6-8-12/h4-8,13H,9-11H2,1-3H3,(H2,18,20)(H,19,21). The SMILES string of the molecule is CC(C)(C)OC(=O)C(CCC(N)=O)NC(=O)Cc1ccccc1. The average Bonchev–Trinajstić information content (AvgIpc) is 2.42. The summed E-state index contributed by atoms with van der Waals surface area (Å²) in [6.07, 6.45) is 0.261. The summed E-state index contributed by atoms with van der Waals surface area (Å²) in [7, 11) is 0. The first-order valence-corrected chi connectivity index (χ1v) is 7.52. The minimum Gasteiger partial charge on any atom is -0.458 e. The highest BCUT2D eigenvalue weighted by Crippen LogP contribution is 2.11. The van der Waals surface area contributed by atoms with E-state index < -0.39 is 23.5 Å². The number of benzene rings is 1. The Kier molecular flexibility index (Phi) is 6.75. The van der Waals surface area contributed by atoms with E-state index in [-0.39, 0.29) is 25.2 Å². The third kappa shape index (κ3) is 7.99. The molecule has 126 valence electrons. The third-order valence-corrected chi connectivity index (χ3v) is 2.91. The molecule has 6 heteroatoms. The Hall–Kier alpha value is -2.37. The van der Waals surface area contributed by atoms with E-state index in [2.05, 4.69) is 5.32 Å². The van der Waals surface area contributed by atoms with Gasteiger partial charge in [0, 0.05) is 6.42 Å². The Morgan fingerprint density at radius 2 is 1.78 bits per heavy atom. The van der Waals surface area contributed by atoms with Gasteiger partial charge in [0.05, 0.1) is 6.42 Å². The van der Waals surface area contributed by atoms with Crippen molar-refractivity contribution in [2.75, 3.05) is 0 Å². The van der Waals surface area contributed by atoms with E-state index in [0.717, 1.165) is 5.56 Å². The lowest BCUT2D eigenvalue weighted by Crippen LogP contribution is -2.45. The van der Waals surface area contributed by atoms with Crippen molar-refractivity contribution in [2.24, 2.45) is 5.73 Å². The number of rotatable bonds is 7. The van der Waals surface area contributed by atoms with Crippen LogP contribution in [0.5, 0.6) is 0 Å². The zero-order valence-electron chi connectivity index (χ0n) is 13.8. The van der Waals surface area contributed by atoms with Gasteiger partial charge in [-0.05, 0) is 32.8 Å². The zero-order valence-corrected chi connectivity index (χ0v) is 13.8. The second-order valence-electron chi connectivity index (χ2n) is 6.32. The van der Waals surface area contributed by atoms with Crippen LogP contribution < -0.4 is 11.1 Å². The van der Waals surface area contributed by atoms with Gasteiger partial charge in [0.2, 0.25) is 11.8 Å². The van der Waals surface area contributed by atoms with Crippen molar-refractivity contribution in [3.8, 4) is 0 Å². The molecular weight excluding hydrogens is 296 g/mol. The summed E-state index contributed by atoms with van der Waals surface area (Å²) in [6.45, 7) is 5.21. The van der Waals surface area contributed by atoms with Crippen molar-refractivity contribution < 1.29 is 19.1 Å². The van der Waals surface area contributed by atoms with Crippen molar-refractivity contribution in [3.05, 3.63) is 35.9 Å². The van der Waals surface area contributed by atoms with Crippen LogP contribution >= 0.6 is 0 Å². The molecule has 23 heavy (non-hydrogen) atoms. The number of esters is 1. The van der Waals surface area contributed by atoms with E-state index in [1.54, 1.807) is 20.8 Å². The maximum Gasteiger partial charge on any atom is 0.329 e. The van der Waals surface area contributed by atoms with Crippen LogP contribution in [0.25, 0.3) is 0 Å². The van der Waals surface area contributed by atoms with Crippen molar-refractivity contribution in [1.29, 1.82) is 0 Å². The first-order chi connectivity index (χ1) is 10.7. The van der Waals surface area contributed by atoms with Crippen LogP contribution in [0.2, 0.25) is 0 Å². The number of hydrogen-bond donors (Lipinski definition) is 2. The third-order valence-electron chi connectivity index (χ3n) is 2.91. The zero-order chi connectivity index (χ0) is 17.5. The highest BCUT2D eigenvalue weighted by Gasteiger charge is 2.26. The van der Waals surface area contributed by atoms with E-state index in [1.807, 2.05) is 30.3 Å². The lowest BCUT2D eigenvalue weighted by molar-refractivity contribution is -0.158. The topological polar surface area (TPSA) is 98.5 Å². The molecule has 0 bridgehead atoms. The van der Waals surface area contributed by atoms with Crippen LogP contribution in [0.1, 0.15) is 39.2 Å². The van der Waals surface area contributed by atoms with Gasteiger partial charge >= 0.3 is 5.97 Å². The molecule has 1 aromatic rings. The van der Waals surface area contributed by atoms with Gasteiger partial charge in [-0.25, -0.2) is 4.79 Å². The molecule has 2 amide bonds. The van der Waals surface area contributed by atoms with Gasteiger partial charge in [0.15, 0.2) is 0 Å². The smallest absolute Gasteiger partial charge is 0.329 e. The predicted octanol–water partition coefficient (Wildman–Crippen LogP) is 1.32. The summed E-state index contributed by atoms with van der Waals surface area (Å²) in [5.74, 6) is -1.41. The van der Waals surface area contributed by atoms with Gasteiger partial charge in [0.25, 0.3) is 0 Å². The lowest BCUT2D eigenvalue weighted by atomic mass is 10.1. The molecule has 0 aliphatic heterocycles.